The Morgan fingerprint density at radius 2 is 1.95 bits per heavy atom. The smallest absolute Gasteiger partial charge is 0.365 e. The Kier molecular flexibility index (Phi) is 3.60. The predicted molar refractivity (Wildman–Crippen MR) is 72.0 cm³/mol. The third-order valence-electron chi connectivity index (χ3n) is 3.01. The second kappa shape index (κ2) is 4.82. The molecule has 0 bridgehead atoms. The number of esters is 1. The van der Waals surface area contributed by atoms with Gasteiger partial charge < -0.3 is 14.9 Å². The molecule has 1 aromatic heterocycles. The van der Waals surface area contributed by atoms with Gasteiger partial charge in [0.1, 0.15) is 11.2 Å². The first-order chi connectivity index (χ1) is 9.12. The molecule has 20 heavy (non-hydrogen) atoms. The van der Waals surface area contributed by atoms with Gasteiger partial charge in [0.2, 0.25) is 5.01 Å². The number of carboxylic acids is 1. The molecule has 0 spiro atoms. The fourth-order valence-corrected chi connectivity index (χ4v) is 2.97. The lowest BCUT2D eigenvalue weighted by Crippen LogP contribution is -2.35. The highest BCUT2D eigenvalue weighted by atomic mass is 32.1. The highest BCUT2D eigenvalue weighted by molar-refractivity contribution is 7.14. The molecule has 0 saturated heterocycles. The Bertz CT molecular complexity index is 554. The molecule has 1 aliphatic carbocycles. The van der Waals surface area contributed by atoms with Gasteiger partial charge in [0.25, 0.3) is 0 Å². The molecule has 1 fully saturated rings. The maximum atomic E-state index is 12.1. The Labute approximate surface area is 120 Å². The van der Waals surface area contributed by atoms with Crippen LogP contribution in [0.25, 0.3) is 0 Å². The van der Waals surface area contributed by atoms with Crippen LogP contribution in [0.2, 0.25) is 0 Å². The van der Waals surface area contributed by atoms with Crippen molar-refractivity contribution in [2.75, 3.05) is 0 Å². The number of ether oxygens (including phenoxy) is 1. The molecule has 1 aromatic rings. The van der Waals surface area contributed by atoms with Gasteiger partial charge in [-0.25, -0.2) is 14.6 Å². The van der Waals surface area contributed by atoms with E-state index in [4.69, 9.17) is 9.84 Å². The van der Waals surface area contributed by atoms with Crippen LogP contribution >= 0.6 is 11.3 Å². The average Bonchev–Trinajstić information content (AvgIpc) is 2.68. The van der Waals surface area contributed by atoms with Crippen LogP contribution in [0.1, 0.15) is 65.2 Å². The number of thiazole rings is 1. The first-order valence-corrected chi connectivity index (χ1v) is 7.14. The molecular formula is C13H17NO5S. The Balaban J connectivity index is 2.40. The van der Waals surface area contributed by atoms with E-state index in [0.717, 1.165) is 17.8 Å². The molecule has 0 aliphatic heterocycles. The van der Waals surface area contributed by atoms with Gasteiger partial charge in [-0.15, -0.1) is 11.3 Å². The van der Waals surface area contributed by atoms with Crippen molar-refractivity contribution in [1.82, 2.24) is 4.98 Å². The molecule has 1 heterocycles. The number of aromatic carboxylic acids is 1. The second-order valence-electron chi connectivity index (χ2n) is 5.89. The molecule has 0 amide bonds. The van der Waals surface area contributed by atoms with E-state index >= 15 is 0 Å². The van der Waals surface area contributed by atoms with Crippen molar-refractivity contribution in [2.45, 2.75) is 51.2 Å². The number of hydrogen-bond donors (Lipinski definition) is 2. The summed E-state index contributed by atoms with van der Waals surface area (Å²) in [5, 5.41) is 19.2. The normalized spacial score (nSPS) is 17.4. The average molecular weight is 299 g/mol. The van der Waals surface area contributed by atoms with Crippen molar-refractivity contribution in [2.24, 2.45) is 0 Å². The van der Waals surface area contributed by atoms with Crippen LogP contribution in [0.5, 0.6) is 0 Å². The summed E-state index contributed by atoms with van der Waals surface area (Å²) < 4.78 is 5.22. The lowest BCUT2D eigenvalue weighted by Gasteiger charge is -2.36. The summed E-state index contributed by atoms with van der Waals surface area (Å²) >= 11 is 0.843. The largest absolute Gasteiger partial charge is 0.476 e. The maximum Gasteiger partial charge on any atom is 0.365 e. The van der Waals surface area contributed by atoms with Crippen LogP contribution in [-0.2, 0) is 10.3 Å². The Morgan fingerprint density at radius 1 is 1.35 bits per heavy atom. The van der Waals surface area contributed by atoms with Crippen LogP contribution in [0, 0.1) is 0 Å². The highest BCUT2D eigenvalue weighted by Gasteiger charge is 2.43. The number of rotatable bonds is 3. The van der Waals surface area contributed by atoms with Gasteiger partial charge in [-0.2, -0.15) is 0 Å². The van der Waals surface area contributed by atoms with E-state index in [1.807, 2.05) is 0 Å². The van der Waals surface area contributed by atoms with Crippen molar-refractivity contribution in [3.8, 4) is 0 Å². The van der Waals surface area contributed by atoms with Gasteiger partial charge in [0.15, 0.2) is 5.69 Å². The lowest BCUT2D eigenvalue weighted by atomic mass is 9.78. The highest BCUT2D eigenvalue weighted by Crippen LogP contribution is 2.45. The zero-order chi connectivity index (χ0) is 15.1. The minimum Gasteiger partial charge on any atom is -0.476 e. The molecule has 0 radical (unpaired) electrons. The summed E-state index contributed by atoms with van der Waals surface area (Å²) in [7, 11) is 0. The van der Waals surface area contributed by atoms with Gasteiger partial charge >= 0.3 is 11.9 Å². The number of carboxylic acid groups (broad SMARTS) is 1. The quantitative estimate of drug-likeness (QED) is 0.830. The maximum absolute atomic E-state index is 12.1. The summed E-state index contributed by atoms with van der Waals surface area (Å²) in [5.41, 5.74) is -1.93. The second-order valence-corrected chi connectivity index (χ2v) is 6.89. The topological polar surface area (TPSA) is 96.7 Å². The number of carbonyl (C=O) groups is 2. The van der Waals surface area contributed by atoms with E-state index in [1.54, 1.807) is 20.8 Å². The summed E-state index contributed by atoms with van der Waals surface area (Å²) in [6.45, 7) is 5.15. The zero-order valence-electron chi connectivity index (χ0n) is 11.6. The van der Waals surface area contributed by atoms with Crippen LogP contribution in [-0.4, -0.2) is 32.7 Å². The minimum absolute atomic E-state index is 0.0791. The fraction of sp³-hybridized carbons (Fsp3) is 0.615. The van der Waals surface area contributed by atoms with Crippen molar-refractivity contribution >= 4 is 23.3 Å². The van der Waals surface area contributed by atoms with Crippen molar-refractivity contribution < 1.29 is 24.5 Å². The zero-order valence-corrected chi connectivity index (χ0v) is 12.4. The van der Waals surface area contributed by atoms with E-state index in [2.05, 4.69) is 4.98 Å². The monoisotopic (exact) mass is 299 g/mol. The van der Waals surface area contributed by atoms with E-state index in [-0.39, 0.29) is 10.7 Å². The third-order valence-corrected chi connectivity index (χ3v) is 4.24. The number of hydrogen-bond acceptors (Lipinski definition) is 6. The fourth-order valence-electron chi connectivity index (χ4n) is 1.93. The van der Waals surface area contributed by atoms with Crippen molar-refractivity contribution in [3.63, 3.8) is 0 Å². The molecule has 2 rings (SSSR count). The SMILES string of the molecule is CC(C)(C)OC(=O)c1nc(C(=O)O)sc1C1(O)CCC1. The number of carbonyl (C=O) groups excluding carboxylic acids is 1. The van der Waals surface area contributed by atoms with Crippen LogP contribution in [0.4, 0.5) is 0 Å². The molecule has 0 atom stereocenters. The summed E-state index contributed by atoms with van der Waals surface area (Å²) in [6, 6.07) is 0. The Morgan fingerprint density at radius 3 is 2.35 bits per heavy atom. The molecule has 1 saturated carbocycles. The number of nitrogens with zero attached hydrogens (tertiary/aromatic N) is 1. The van der Waals surface area contributed by atoms with Gasteiger partial charge in [-0.1, -0.05) is 0 Å². The van der Waals surface area contributed by atoms with E-state index in [0.29, 0.717) is 17.7 Å². The predicted octanol–water partition coefficient (Wildman–Crippen LogP) is 2.17. The van der Waals surface area contributed by atoms with Crippen LogP contribution < -0.4 is 0 Å². The number of aromatic nitrogens is 1. The van der Waals surface area contributed by atoms with E-state index < -0.39 is 23.1 Å². The first kappa shape index (κ1) is 14.9. The van der Waals surface area contributed by atoms with Crippen LogP contribution in [0.15, 0.2) is 0 Å². The summed E-state index contributed by atoms with van der Waals surface area (Å²) in [5.74, 6) is -1.91. The Hall–Kier alpha value is -1.47. The van der Waals surface area contributed by atoms with Gasteiger partial charge in [0, 0.05) is 0 Å². The molecule has 0 aromatic carbocycles. The molecule has 7 heteroatoms. The van der Waals surface area contributed by atoms with Gasteiger partial charge in [-0.3, -0.25) is 0 Å². The molecule has 1 aliphatic rings. The molecule has 2 N–H and O–H groups in total. The lowest BCUT2D eigenvalue weighted by molar-refractivity contribution is -0.0378. The van der Waals surface area contributed by atoms with E-state index in [1.165, 1.54) is 0 Å². The van der Waals surface area contributed by atoms with Crippen LogP contribution in [0.3, 0.4) is 0 Å². The van der Waals surface area contributed by atoms with Crippen molar-refractivity contribution in [1.29, 1.82) is 0 Å². The van der Waals surface area contributed by atoms with Gasteiger partial charge in [0.05, 0.1) is 4.88 Å². The minimum atomic E-state index is -1.21. The summed E-state index contributed by atoms with van der Waals surface area (Å²) in [6.07, 6.45) is 1.85. The molecular weight excluding hydrogens is 282 g/mol. The molecule has 110 valence electrons. The molecule has 0 unspecified atom stereocenters. The number of aliphatic hydroxyl groups is 1. The first-order valence-electron chi connectivity index (χ1n) is 6.33. The third kappa shape index (κ3) is 2.83. The van der Waals surface area contributed by atoms with E-state index in [9.17, 15) is 14.7 Å². The van der Waals surface area contributed by atoms with Gasteiger partial charge in [-0.05, 0) is 40.0 Å². The standard InChI is InChI=1S/C13H17NO5S/c1-12(2,3)19-11(17)7-8(13(18)5-4-6-13)20-9(14-7)10(15)16/h18H,4-6H2,1-3H3,(H,15,16). The summed E-state index contributed by atoms with van der Waals surface area (Å²) in [4.78, 5) is 27.3. The molecule has 6 nitrogen and oxygen atoms in total. The van der Waals surface area contributed by atoms with Crippen molar-refractivity contribution in [3.05, 3.63) is 15.6 Å².